The van der Waals surface area contributed by atoms with Crippen molar-refractivity contribution in [1.82, 2.24) is 0 Å². The Hall–Kier alpha value is -0.940. The largest absolute Gasteiger partial charge is 0.457 e. The first-order valence-electron chi connectivity index (χ1n) is 4.51. The molecule has 0 aromatic carbocycles. The Balaban J connectivity index is 2.11. The maximum Gasteiger partial charge on any atom is 0.303 e. The fraction of sp³-hybridized carbons (Fsp3) is 0.778. The number of Topliss-reactive ketones (excluding diaryl/α,β-unsaturated/α-hetero) is 1. The zero-order valence-electron chi connectivity index (χ0n) is 8.06. The van der Waals surface area contributed by atoms with E-state index in [1.54, 1.807) is 0 Å². The Kier molecular flexibility index (Phi) is 2.28. The lowest BCUT2D eigenvalue weighted by Gasteiger charge is -2.25. The van der Waals surface area contributed by atoms with Gasteiger partial charge in [0.25, 0.3) is 0 Å². The molecule has 0 unspecified atom stereocenters. The van der Waals surface area contributed by atoms with Crippen molar-refractivity contribution in [2.24, 2.45) is 0 Å². The van der Waals surface area contributed by atoms with Crippen LogP contribution in [0.5, 0.6) is 0 Å². The summed E-state index contributed by atoms with van der Waals surface area (Å²) < 4.78 is 15.5. The molecule has 0 N–H and O–H groups in total. The maximum absolute atomic E-state index is 11.3. The second-order valence-corrected chi connectivity index (χ2v) is 3.54. The van der Waals surface area contributed by atoms with Gasteiger partial charge in [-0.3, -0.25) is 9.59 Å². The summed E-state index contributed by atoms with van der Waals surface area (Å²) in [5, 5.41) is 0. The number of hydrogen-bond donors (Lipinski definition) is 0. The minimum atomic E-state index is -0.547. The molecule has 78 valence electrons. The van der Waals surface area contributed by atoms with Crippen LogP contribution in [-0.2, 0) is 23.8 Å². The number of esters is 1. The molecule has 0 saturated carbocycles. The van der Waals surface area contributed by atoms with Crippen LogP contribution in [0.1, 0.15) is 13.3 Å². The SMILES string of the molecule is CO[C@H]1[C@@H](OC(C)=O)[C@H]2CC(=O)[C@@H]1O2. The molecule has 2 heterocycles. The molecule has 0 aromatic rings. The summed E-state index contributed by atoms with van der Waals surface area (Å²) in [7, 11) is 1.48. The third-order valence-corrected chi connectivity index (χ3v) is 2.60. The topological polar surface area (TPSA) is 61.8 Å². The number of ether oxygens (including phenoxy) is 3. The molecule has 2 aliphatic heterocycles. The van der Waals surface area contributed by atoms with Crippen LogP contribution < -0.4 is 0 Å². The van der Waals surface area contributed by atoms with E-state index in [1.807, 2.05) is 0 Å². The lowest BCUT2D eigenvalue weighted by atomic mass is 9.93. The van der Waals surface area contributed by atoms with Crippen LogP contribution in [0.4, 0.5) is 0 Å². The predicted octanol–water partition coefficient (Wildman–Crippen LogP) is -0.327. The molecular weight excluding hydrogens is 188 g/mol. The van der Waals surface area contributed by atoms with E-state index in [0.717, 1.165) is 0 Å². The van der Waals surface area contributed by atoms with Crippen molar-refractivity contribution in [1.29, 1.82) is 0 Å². The summed E-state index contributed by atoms with van der Waals surface area (Å²) in [6, 6.07) is 0. The molecule has 2 bridgehead atoms. The molecule has 2 rings (SSSR count). The molecule has 0 amide bonds. The van der Waals surface area contributed by atoms with Gasteiger partial charge in [0.15, 0.2) is 11.9 Å². The Morgan fingerprint density at radius 2 is 2.21 bits per heavy atom. The van der Waals surface area contributed by atoms with Crippen molar-refractivity contribution in [2.45, 2.75) is 37.8 Å². The van der Waals surface area contributed by atoms with Crippen molar-refractivity contribution < 1.29 is 23.8 Å². The van der Waals surface area contributed by atoms with Crippen LogP contribution >= 0.6 is 0 Å². The fourth-order valence-electron chi connectivity index (χ4n) is 2.06. The van der Waals surface area contributed by atoms with E-state index in [-0.39, 0.29) is 17.9 Å². The van der Waals surface area contributed by atoms with Gasteiger partial charge in [-0.05, 0) is 0 Å². The van der Waals surface area contributed by atoms with Crippen LogP contribution in [0.2, 0.25) is 0 Å². The second kappa shape index (κ2) is 3.33. The molecule has 0 aliphatic carbocycles. The van der Waals surface area contributed by atoms with Crippen molar-refractivity contribution in [3.05, 3.63) is 0 Å². The highest BCUT2D eigenvalue weighted by Gasteiger charge is 2.56. The third kappa shape index (κ3) is 1.33. The minimum absolute atomic E-state index is 0.0326. The van der Waals surface area contributed by atoms with E-state index in [2.05, 4.69) is 0 Å². The summed E-state index contributed by atoms with van der Waals surface area (Å²) in [6.07, 6.45) is -1.41. The Labute approximate surface area is 81.3 Å². The van der Waals surface area contributed by atoms with E-state index >= 15 is 0 Å². The van der Waals surface area contributed by atoms with Gasteiger partial charge in [0.1, 0.15) is 18.3 Å². The number of methoxy groups -OCH3 is 1. The van der Waals surface area contributed by atoms with Crippen LogP contribution in [0.15, 0.2) is 0 Å². The van der Waals surface area contributed by atoms with E-state index in [4.69, 9.17) is 14.2 Å². The van der Waals surface area contributed by atoms with Gasteiger partial charge < -0.3 is 14.2 Å². The first kappa shape index (κ1) is 9.61. The van der Waals surface area contributed by atoms with Gasteiger partial charge in [0.2, 0.25) is 0 Å². The lowest BCUT2D eigenvalue weighted by Crippen LogP contribution is -2.45. The van der Waals surface area contributed by atoms with Gasteiger partial charge in [0.05, 0.1) is 0 Å². The summed E-state index contributed by atoms with van der Waals surface area (Å²) in [5.74, 6) is -0.342. The highest BCUT2D eigenvalue weighted by molar-refractivity contribution is 5.87. The molecule has 0 aromatic heterocycles. The van der Waals surface area contributed by atoms with Crippen LogP contribution in [0.25, 0.3) is 0 Å². The molecule has 4 atom stereocenters. The van der Waals surface area contributed by atoms with E-state index in [1.165, 1.54) is 14.0 Å². The molecule has 2 saturated heterocycles. The van der Waals surface area contributed by atoms with Gasteiger partial charge in [-0.2, -0.15) is 0 Å². The fourth-order valence-corrected chi connectivity index (χ4v) is 2.06. The quantitative estimate of drug-likeness (QED) is 0.571. The Bertz CT molecular complexity index is 274. The van der Waals surface area contributed by atoms with Gasteiger partial charge in [-0.15, -0.1) is 0 Å². The van der Waals surface area contributed by atoms with Gasteiger partial charge >= 0.3 is 5.97 Å². The minimum Gasteiger partial charge on any atom is -0.457 e. The second-order valence-electron chi connectivity index (χ2n) is 3.54. The molecule has 5 nitrogen and oxygen atoms in total. The number of hydrogen-bond acceptors (Lipinski definition) is 5. The standard InChI is InChI=1S/C9H12O5/c1-4(10)13-8-6-3-5(11)7(14-6)9(8)12-2/h6-9H,3H2,1-2H3/t6-,7+,8+,9-/m1/s1. The van der Waals surface area contributed by atoms with Crippen LogP contribution in [0, 0.1) is 0 Å². The molecule has 0 spiro atoms. The highest BCUT2D eigenvalue weighted by Crippen LogP contribution is 2.35. The lowest BCUT2D eigenvalue weighted by molar-refractivity contribution is -0.156. The third-order valence-electron chi connectivity index (χ3n) is 2.60. The predicted molar refractivity (Wildman–Crippen MR) is 44.6 cm³/mol. The monoisotopic (exact) mass is 200 g/mol. The van der Waals surface area contributed by atoms with E-state index < -0.39 is 18.3 Å². The number of rotatable bonds is 2. The number of carbonyl (C=O) groups is 2. The molecular formula is C9H12O5. The normalized spacial score (nSPS) is 40.3. The van der Waals surface area contributed by atoms with Crippen LogP contribution in [-0.4, -0.2) is 43.3 Å². The van der Waals surface area contributed by atoms with Gasteiger partial charge in [-0.25, -0.2) is 0 Å². The summed E-state index contributed by atoms with van der Waals surface area (Å²) in [6.45, 7) is 1.33. The van der Waals surface area contributed by atoms with E-state index in [0.29, 0.717) is 6.42 Å². The van der Waals surface area contributed by atoms with Crippen molar-refractivity contribution >= 4 is 11.8 Å². The maximum atomic E-state index is 11.3. The molecule has 14 heavy (non-hydrogen) atoms. The first-order chi connectivity index (χ1) is 6.63. The first-order valence-corrected chi connectivity index (χ1v) is 4.51. The van der Waals surface area contributed by atoms with Crippen molar-refractivity contribution in [2.75, 3.05) is 7.11 Å². The highest BCUT2D eigenvalue weighted by atomic mass is 16.6. The average Bonchev–Trinajstić information content (AvgIpc) is 2.60. The van der Waals surface area contributed by atoms with Crippen molar-refractivity contribution in [3.8, 4) is 0 Å². The van der Waals surface area contributed by atoms with Gasteiger partial charge in [-0.1, -0.05) is 0 Å². The Morgan fingerprint density at radius 1 is 1.50 bits per heavy atom. The smallest absolute Gasteiger partial charge is 0.303 e. The molecule has 2 fully saturated rings. The molecule has 2 aliphatic rings. The average molecular weight is 200 g/mol. The molecule has 0 radical (unpaired) electrons. The number of fused-ring (bicyclic) bond motifs is 2. The zero-order valence-corrected chi connectivity index (χ0v) is 8.06. The summed E-state index contributed by atoms with van der Waals surface area (Å²) >= 11 is 0. The Morgan fingerprint density at radius 3 is 2.79 bits per heavy atom. The zero-order chi connectivity index (χ0) is 10.3. The number of carbonyl (C=O) groups excluding carboxylic acids is 2. The summed E-state index contributed by atoms with van der Waals surface area (Å²) in [5.41, 5.74) is 0. The summed E-state index contributed by atoms with van der Waals surface area (Å²) in [4.78, 5) is 22.1. The van der Waals surface area contributed by atoms with Gasteiger partial charge in [0, 0.05) is 20.5 Å². The van der Waals surface area contributed by atoms with Crippen LogP contribution in [0.3, 0.4) is 0 Å². The van der Waals surface area contributed by atoms with Crippen molar-refractivity contribution in [3.63, 3.8) is 0 Å². The number of ketones is 1. The van der Waals surface area contributed by atoms with E-state index in [9.17, 15) is 9.59 Å². The molecule has 5 heteroatoms.